The van der Waals surface area contributed by atoms with Crippen LogP contribution in [-0.4, -0.2) is 24.7 Å². The molecule has 2 rings (SSSR count). The molecule has 1 aliphatic rings. The van der Waals surface area contributed by atoms with Crippen LogP contribution in [0.5, 0.6) is 5.75 Å². The van der Waals surface area contributed by atoms with Gasteiger partial charge in [-0.05, 0) is 77.8 Å². The van der Waals surface area contributed by atoms with Gasteiger partial charge in [-0.3, -0.25) is 4.99 Å². The Kier molecular flexibility index (Phi) is 10.2. The Morgan fingerprint density at radius 1 is 1.20 bits per heavy atom. The van der Waals surface area contributed by atoms with E-state index in [0.717, 1.165) is 37.4 Å². The van der Waals surface area contributed by atoms with E-state index in [-0.39, 0.29) is 0 Å². The molecule has 0 fully saturated rings. The molecule has 3 atom stereocenters. The van der Waals surface area contributed by atoms with Crippen molar-refractivity contribution in [3.05, 3.63) is 41.0 Å². The van der Waals surface area contributed by atoms with E-state index in [2.05, 4.69) is 57.8 Å². The third-order valence-corrected chi connectivity index (χ3v) is 6.36. The van der Waals surface area contributed by atoms with Gasteiger partial charge in [0.2, 0.25) is 0 Å². The summed E-state index contributed by atoms with van der Waals surface area (Å²) < 4.78 is 5.66. The number of fused-ring (bicyclic) bond motifs is 1. The zero-order valence-electron chi connectivity index (χ0n) is 19.7. The highest BCUT2D eigenvalue weighted by molar-refractivity contribution is 5.75. The standard InChI is InChI=1S/C27H41NO2/c1-6-20(4)12-13-21(5)18-30-19-28-15-14-22(7-2)26-17-25(29)16-24-11-9-10-23(8-3)27(24)26/h9,11,14,16-17,19-21,23,29H,6-8,10,12-13,15,18H2,1-5H3/b22-14+,28-19?. The fraction of sp³-hybridized carbons (Fsp3) is 0.593. The van der Waals surface area contributed by atoms with Crippen LogP contribution in [0, 0.1) is 11.8 Å². The molecule has 1 aromatic rings. The van der Waals surface area contributed by atoms with Gasteiger partial charge < -0.3 is 9.84 Å². The van der Waals surface area contributed by atoms with Crippen LogP contribution in [0.1, 0.15) is 95.8 Å². The number of hydrogen-bond acceptors (Lipinski definition) is 3. The molecule has 3 unspecified atom stereocenters. The van der Waals surface area contributed by atoms with Gasteiger partial charge in [-0.25, -0.2) is 0 Å². The SMILES string of the molecule is CC/C(=C\CN=COCC(C)CCC(C)CC)c1cc(O)cc2c1C(CC)CC=C2. The molecule has 3 heteroatoms. The molecule has 0 aliphatic heterocycles. The number of benzene rings is 1. The molecule has 30 heavy (non-hydrogen) atoms. The van der Waals surface area contributed by atoms with Crippen molar-refractivity contribution in [2.45, 2.75) is 79.1 Å². The minimum Gasteiger partial charge on any atom is -0.508 e. The van der Waals surface area contributed by atoms with Crippen molar-refractivity contribution in [3.8, 4) is 5.75 Å². The Bertz CT molecular complexity index is 747. The number of hydrogen-bond donors (Lipinski definition) is 1. The average Bonchev–Trinajstić information content (AvgIpc) is 2.75. The van der Waals surface area contributed by atoms with Crippen molar-refractivity contribution in [3.63, 3.8) is 0 Å². The van der Waals surface area contributed by atoms with Crippen molar-refractivity contribution in [2.24, 2.45) is 16.8 Å². The zero-order valence-corrected chi connectivity index (χ0v) is 19.7. The average molecular weight is 412 g/mol. The summed E-state index contributed by atoms with van der Waals surface area (Å²) >= 11 is 0. The molecule has 3 nitrogen and oxygen atoms in total. The highest BCUT2D eigenvalue weighted by Crippen LogP contribution is 2.40. The van der Waals surface area contributed by atoms with Crippen LogP contribution >= 0.6 is 0 Å². The number of ether oxygens (including phenoxy) is 1. The van der Waals surface area contributed by atoms with E-state index in [4.69, 9.17) is 4.74 Å². The van der Waals surface area contributed by atoms with Gasteiger partial charge in [-0.15, -0.1) is 0 Å². The summed E-state index contributed by atoms with van der Waals surface area (Å²) in [7, 11) is 0. The normalized spacial score (nSPS) is 18.4. The van der Waals surface area contributed by atoms with Gasteiger partial charge in [-0.2, -0.15) is 0 Å². The van der Waals surface area contributed by atoms with E-state index >= 15 is 0 Å². The largest absolute Gasteiger partial charge is 0.508 e. The second-order valence-electron chi connectivity index (χ2n) is 8.82. The van der Waals surface area contributed by atoms with Crippen molar-refractivity contribution in [2.75, 3.05) is 13.2 Å². The van der Waals surface area contributed by atoms with Crippen molar-refractivity contribution in [1.29, 1.82) is 0 Å². The molecule has 166 valence electrons. The maximum Gasteiger partial charge on any atom is 0.169 e. The first-order chi connectivity index (χ1) is 14.5. The highest BCUT2D eigenvalue weighted by Gasteiger charge is 2.21. The van der Waals surface area contributed by atoms with E-state index in [0.29, 0.717) is 24.1 Å². The quantitative estimate of drug-likeness (QED) is 0.284. The Hall–Kier alpha value is -2.03. The summed E-state index contributed by atoms with van der Waals surface area (Å²) in [4.78, 5) is 4.44. The fourth-order valence-corrected chi connectivity index (χ4v) is 4.13. The van der Waals surface area contributed by atoms with Gasteiger partial charge in [0.25, 0.3) is 0 Å². The lowest BCUT2D eigenvalue weighted by molar-refractivity contribution is 0.242. The third kappa shape index (κ3) is 7.04. The lowest BCUT2D eigenvalue weighted by Gasteiger charge is -2.25. The second kappa shape index (κ2) is 12.6. The first-order valence-electron chi connectivity index (χ1n) is 11.8. The van der Waals surface area contributed by atoms with Gasteiger partial charge in [0.15, 0.2) is 6.40 Å². The molecule has 1 aliphatic carbocycles. The molecule has 1 N–H and O–H groups in total. The van der Waals surface area contributed by atoms with Crippen LogP contribution in [0.3, 0.4) is 0 Å². The first kappa shape index (κ1) is 24.2. The fourth-order valence-electron chi connectivity index (χ4n) is 4.13. The summed E-state index contributed by atoms with van der Waals surface area (Å²) in [5, 5.41) is 10.2. The molecule has 0 spiro atoms. The molecule has 0 amide bonds. The van der Waals surface area contributed by atoms with Gasteiger partial charge in [0.1, 0.15) is 5.75 Å². The van der Waals surface area contributed by atoms with Crippen LogP contribution in [0.15, 0.2) is 29.3 Å². The van der Waals surface area contributed by atoms with Gasteiger partial charge in [0.05, 0.1) is 13.2 Å². The smallest absolute Gasteiger partial charge is 0.169 e. The van der Waals surface area contributed by atoms with Crippen molar-refractivity contribution < 1.29 is 9.84 Å². The summed E-state index contributed by atoms with van der Waals surface area (Å²) in [6.07, 6.45) is 15.0. The number of phenols is 1. The molecule has 0 radical (unpaired) electrons. The maximum absolute atomic E-state index is 10.2. The summed E-state index contributed by atoms with van der Waals surface area (Å²) in [5.74, 6) is 2.21. The number of phenolic OH excluding ortho intramolecular Hbond substituents is 1. The molecule has 0 heterocycles. The monoisotopic (exact) mass is 411 g/mol. The summed E-state index contributed by atoms with van der Waals surface area (Å²) in [6, 6.07) is 3.81. The van der Waals surface area contributed by atoms with E-state index in [1.807, 2.05) is 12.1 Å². The third-order valence-electron chi connectivity index (χ3n) is 6.36. The van der Waals surface area contributed by atoms with Crippen LogP contribution in [0.2, 0.25) is 0 Å². The Morgan fingerprint density at radius 2 is 1.97 bits per heavy atom. The second-order valence-corrected chi connectivity index (χ2v) is 8.82. The minimum atomic E-state index is 0.336. The van der Waals surface area contributed by atoms with Gasteiger partial charge in [-0.1, -0.05) is 65.7 Å². The molecular formula is C27H41NO2. The lowest BCUT2D eigenvalue weighted by atomic mass is 9.80. The number of aromatic hydroxyl groups is 1. The topological polar surface area (TPSA) is 41.8 Å². The predicted octanol–water partition coefficient (Wildman–Crippen LogP) is 7.60. The van der Waals surface area contributed by atoms with E-state index < -0.39 is 0 Å². The zero-order chi connectivity index (χ0) is 21.9. The Morgan fingerprint density at radius 3 is 2.67 bits per heavy atom. The van der Waals surface area contributed by atoms with Crippen LogP contribution in [0.25, 0.3) is 11.6 Å². The van der Waals surface area contributed by atoms with Gasteiger partial charge >= 0.3 is 0 Å². The molecule has 0 saturated carbocycles. The number of aliphatic imine (C=N–C) groups is 1. The van der Waals surface area contributed by atoms with E-state index in [1.54, 1.807) is 6.40 Å². The highest BCUT2D eigenvalue weighted by atomic mass is 16.5. The van der Waals surface area contributed by atoms with E-state index in [1.165, 1.54) is 36.0 Å². The number of rotatable bonds is 12. The van der Waals surface area contributed by atoms with Crippen LogP contribution in [0.4, 0.5) is 0 Å². The van der Waals surface area contributed by atoms with Crippen LogP contribution < -0.4 is 0 Å². The Balaban J connectivity index is 1.98. The summed E-state index contributed by atoms with van der Waals surface area (Å²) in [6.45, 7) is 12.6. The number of nitrogens with zero attached hydrogens (tertiary/aromatic N) is 1. The molecule has 1 aromatic carbocycles. The lowest BCUT2D eigenvalue weighted by Crippen LogP contribution is -2.07. The van der Waals surface area contributed by atoms with Crippen LogP contribution in [-0.2, 0) is 4.74 Å². The van der Waals surface area contributed by atoms with E-state index in [9.17, 15) is 5.11 Å². The molecule has 0 aromatic heterocycles. The Labute approximate surface area is 184 Å². The first-order valence-corrected chi connectivity index (χ1v) is 11.8. The summed E-state index contributed by atoms with van der Waals surface area (Å²) in [5.41, 5.74) is 4.95. The molecular weight excluding hydrogens is 370 g/mol. The number of allylic oxidation sites excluding steroid dienone is 2. The van der Waals surface area contributed by atoms with Gasteiger partial charge in [0, 0.05) is 0 Å². The minimum absolute atomic E-state index is 0.336. The van der Waals surface area contributed by atoms with Crippen molar-refractivity contribution in [1.82, 2.24) is 0 Å². The van der Waals surface area contributed by atoms with Crippen molar-refractivity contribution >= 4 is 18.0 Å². The molecule has 0 bridgehead atoms. The predicted molar refractivity (Wildman–Crippen MR) is 130 cm³/mol. The maximum atomic E-state index is 10.2. The molecule has 0 saturated heterocycles.